The Morgan fingerprint density at radius 3 is 2.62 bits per heavy atom. The number of piperidine rings is 1. The summed E-state index contributed by atoms with van der Waals surface area (Å²) in [6.07, 6.45) is 10.5. The van der Waals surface area contributed by atoms with Gasteiger partial charge >= 0.3 is 6.09 Å². The summed E-state index contributed by atoms with van der Waals surface area (Å²) in [5.41, 5.74) is 5.57. The van der Waals surface area contributed by atoms with E-state index in [1.165, 1.54) is 32.1 Å². The molecule has 1 atom stereocenters. The number of carbonyl (C=O) groups is 2. The van der Waals surface area contributed by atoms with Crippen molar-refractivity contribution in [1.29, 1.82) is 0 Å². The van der Waals surface area contributed by atoms with E-state index in [4.69, 9.17) is 10.5 Å². The highest BCUT2D eigenvalue weighted by atomic mass is 16.6. The molecule has 1 saturated carbocycles. The zero-order chi connectivity index (χ0) is 20.9. The molecule has 0 bridgehead atoms. The van der Waals surface area contributed by atoms with E-state index in [1.807, 2.05) is 16.7 Å². The van der Waals surface area contributed by atoms with E-state index in [0.29, 0.717) is 38.5 Å². The Morgan fingerprint density at radius 2 is 1.97 bits per heavy atom. The predicted octanol–water partition coefficient (Wildman–Crippen LogP) is 2.58. The number of amides is 2. The SMILES string of the molecule is CCC[C@H](N)C(=O)N1CCC2(CC1)CN(CCCN(C)C1CCCCC1)C(=O)O2. The van der Waals surface area contributed by atoms with Crippen molar-refractivity contribution in [3.63, 3.8) is 0 Å². The van der Waals surface area contributed by atoms with Gasteiger partial charge in [0.05, 0.1) is 12.6 Å². The molecule has 2 amide bonds. The lowest BCUT2D eigenvalue weighted by Crippen LogP contribution is -2.52. The van der Waals surface area contributed by atoms with E-state index in [0.717, 1.165) is 32.4 Å². The third kappa shape index (κ3) is 5.63. The molecular formula is C22H40N4O3. The molecule has 0 aromatic carbocycles. The van der Waals surface area contributed by atoms with E-state index < -0.39 is 11.6 Å². The second kappa shape index (κ2) is 10.1. The van der Waals surface area contributed by atoms with Gasteiger partial charge in [-0.1, -0.05) is 32.6 Å². The van der Waals surface area contributed by atoms with Crippen LogP contribution in [-0.4, -0.2) is 84.2 Å². The summed E-state index contributed by atoms with van der Waals surface area (Å²) in [5.74, 6) is 0.0358. The quantitative estimate of drug-likeness (QED) is 0.668. The molecule has 166 valence electrons. The van der Waals surface area contributed by atoms with Gasteiger partial charge < -0.3 is 25.2 Å². The van der Waals surface area contributed by atoms with Crippen molar-refractivity contribution in [3.05, 3.63) is 0 Å². The first-order valence-electron chi connectivity index (χ1n) is 11.7. The van der Waals surface area contributed by atoms with Crippen LogP contribution in [0.15, 0.2) is 0 Å². The number of hydrogen-bond donors (Lipinski definition) is 1. The lowest BCUT2D eigenvalue weighted by molar-refractivity contribution is -0.136. The minimum atomic E-state index is -0.419. The lowest BCUT2D eigenvalue weighted by Gasteiger charge is -2.38. The maximum atomic E-state index is 12.4. The van der Waals surface area contributed by atoms with Crippen LogP contribution in [-0.2, 0) is 9.53 Å². The molecule has 0 aromatic heterocycles. The van der Waals surface area contributed by atoms with Gasteiger partial charge in [-0.2, -0.15) is 0 Å². The van der Waals surface area contributed by atoms with Crippen molar-refractivity contribution in [3.8, 4) is 0 Å². The first kappa shape index (κ1) is 22.3. The van der Waals surface area contributed by atoms with E-state index in [1.54, 1.807) is 0 Å². The molecule has 0 unspecified atom stereocenters. The molecule has 7 heteroatoms. The zero-order valence-electron chi connectivity index (χ0n) is 18.4. The Bertz CT molecular complexity index is 556. The van der Waals surface area contributed by atoms with Crippen LogP contribution in [0.1, 0.15) is 71.1 Å². The van der Waals surface area contributed by atoms with Crippen molar-refractivity contribution in [2.75, 3.05) is 39.8 Å². The van der Waals surface area contributed by atoms with Gasteiger partial charge in [0.2, 0.25) is 5.91 Å². The average molecular weight is 409 g/mol. The number of nitrogens with two attached hydrogens (primary N) is 1. The summed E-state index contributed by atoms with van der Waals surface area (Å²) in [5, 5.41) is 0. The number of rotatable bonds is 8. The largest absolute Gasteiger partial charge is 0.441 e. The molecule has 2 N–H and O–H groups in total. The number of ether oxygens (including phenoxy) is 1. The van der Waals surface area contributed by atoms with Crippen LogP contribution < -0.4 is 5.73 Å². The second-order valence-corrected chi connectivity index (χ2v) is 9.32. The normalized spacial score (nSPS) is 23.7. The zero-order valence-corrected chi connectivity index (χ0v) is 18.4. The predicted molar refractivity (Wildman–Crippen MR) is 114 cm³/mol. The molecule has 3 rings (SSSR count). The van der Waals surface area contributed by atoms with Crippen molar-refractivity contribution in [2.45, 2.75) is 88.8 Å². The van der Waals surface area contributed by atoms with Gasteiger partial charge in [0, 0.05) is 38.5 Å². The Kier molecular flexibility index (Phi) is 7.79. The molecule has 2 aliphatic heterocycles. The highest BCUT2D eigenvalue weighted by molar-refractivity contribution is 5.81. The van der Waals surface area contributed by atoms with Crippen LogP contribution >= 0.6 is 0 Å². The summed E-state index contributed by atoms with van der Waals surface area (Å²) in [6.45, 7) is 5.73. The molecule has 0 radical (unpaired) electrons. The molecule has 1 aliphatic carbocycles. The fraction of sp³-hybridized carbons (Fsp3) is 0.909. The average Bonchev–Trinajstić information content (AvgIpc) is 3.03. The molecule has 1 spiro atoms. The third-order valence-corrected chi connectivity index (χ3v) is 7.08. The van der Waals surface area contributed by atoms with Crippen molar-refractivity contribution >= 4 is 12.0 Å². The topological polar surface area (TPSA) is 79.1 Å². The minimum Gasteiger partial charge on any atom is -0.441 e. The second-order valence-electron chi connectivity index (χ2n) is 9.32. The van der Waals surface area contributed by atoms with Crippen molar-refractivity contribution < 1.29 is 14.3 Å². The van der Waals surface area contributed by atoms with Crippen molar-refractivity contribution in [2.24, 2.45) is 5.73 Å². The fourth-order valence-electron chi connectivity index (χ4n) is 5.14. The Morgan fingerprint density at radius 1 is 1.28 bits per heavy atom. The van der Waals surface area contributed by atoms with E-state index >= 15 is 0 Å². The smallest absolute Gasteiger partial charge is 0.410 e. The standard InChI is InChI=1S/C22H40N4O3/c1-3-8-19(23)20(27)25-15-11-22(12-16-25)17-26(21(28)29-22)14-7-13-24(2)18-9-5-4-6-10-18/h18-19H,3-17,23H2,1-2H3/t19-/m0/s1. The van der Waals surface area contributed by atoms with E-state index in [9.17, 15) is 9.59 Å². The number of hydrogen-bond acceptors (Lipinski definition) is 5. The van der Waals surface area contributed by atoms with Gasteiger partial charge in [-0.3, -0.25) is 4.79 Å². The fourth-order valence-corrected chi connectivity index (χ4v) is 5.14. The van der Waals surface area contributed by atoms with Crippen LogP contribution in [0.25, 0.3) is 0 Å². The summed E-state index contributed by atoms with van der Waals surface area (Å²) in [6, 6.07) is 0.305. The Hall–Kier alpha value is -1.34. The summed E-state index contributed by atoms with van der Waals surface area (Å²) < 4.78 is 5.82. The van der Waals surface area contributed by atoms with Crippen LogP contribution in [0.4, 0.5) is 4.79 Å². The monoisotopic (exact) mass is 408 g/mol. The number of carbonyl (C=O) groups excluding carboxylic acids is 2. The maximum absolute atomic E-state index is 12.4. The highest BCUT2D eigenvalue weighted by Gasteiger charge is 2.47. The van der Waals surface area contributed by atoms with Crippen LogP contribution in [0, 0.1) is 0 Å². The number of nitrogens with zero attached hydrogens (tertiary/aromatic N) is 3. The van der Waals surface area contributed by atoms with Gasteiger partial charge in [-0.25, -0.2) is 4.79 Å². The summed E-state index contributed by atoms with van der Waals surface area (Å²) >= 11 is 0. The van der Waals surface area contributed by atoms with Gasteiger partial charge in [0.15, 0.2) is 0 Å². The molecular weight excluding hydrogens is 368 g/mol. The van der Waals surface area contributed by atoms with Gasteiger partial charge in [-0.05, 0) is 39.3 Å². The Balaban J connectivity index is 1.41. The van der Waals surface area contributed by atoms with E-state index in [2.05, 4.69) is 11.9 Å². The molecule has 2 saturated heterocycles. The van der Waals surface area contributed by atoms with Gasteiger partial charge in [-0.15, -0.1) is 0 Å². The minimum absolute atomic E-state index is 0.0358. The molecule has 0 aromatic rings. The first-order chi connectivity index (χ1) is 13.9. The molecule has 3 aliphatic rings. The van der Waals surface area contributed by atoms with Crippen molar-refractivity contribution in [1.82, 2.24) is 14.7 Å². The maximum Gasteiger partial charge on any atom is 0.410 e. The van der Waals surface area contributed by atoms with E-state index in [-0.39, 0.29) is 12.0 Å². The summed E-state index contributed by atoms with van der Waals surface area (Å²) in [7, 11) is 2.22. The molecule has 3 fully saturated rings. The van der Waals surface area contributed by atoms with Gasteiger partial charge in [0.25, 0.3) is 0 Å². The number of likely N-dealkylation sites (tertiary alicyclic amines) is 1. The third-order valence-electron chi connectivity index (χ3n) is 7.08. The first-order valence-corrected chi connectivity index (χ1v) is 11.7. The van der Waals surface area contributed by atoms with Crippen LogP contribution in [0.2, 0.25) is 0 Å². The lowest BCUT2D eigenvalue weighted by atomic mass is 9.91. The molecule has 7 nitrogen and oxygen atoms in total. The van der Waals surface area contributed by atoms with Gasteiger partial charge in [0.1, 0.15) is 5.60 Å². The molecule has 29 heavy (non-hydrogen) atoms. The Labute approximate surface area is 175 Å². The highest BCUT2D eigenvalue weighted by Crippen LogP contribution is 2.33. The van der Waals surface area contributed by atoms with Crippen LogP contribution in [0.3, 0.4) is 0 Å². The molecule has 2 heterocycles. The van der Waals surface area contributed by atoms with Crippen LogP contribution in [0.5, 0.6) is 0 Å². The summed E-state index contributed by atoms with van der Waals surface area (Å²) in [4.78, 5) is 31.0.